The third-order valence-electron chi connectivity index (χ3n) is 5.30. The van der Waals surface area contributed by atoms with Crippen LogP contribution in [0.4, 0.5) is 5.69 Å². The second-order valence-electron chi connectivity index (χ2n) is 7.97. The molecule has 0 aliphatic carbocycles. The second kappa shape index (κ2) is 8.83. The first-order valence-electron chi connectivity index (χ1n) is 10.0. The summed E-state index contributed by atoms with van der Waals surface area (Å²) in [4.78, 5) is 4.55. The van der Waals surface area contributed by atoms with Gasteiger partial charge in [-0.3, -0.25) is 9.62 Å². The van der Waals surface area contributed by atoms with Gasteiger partial charge in [-0.15, -0.1) is 0 Å². The van der Waals surface area contributed by atoms with Crippen molar-refractivity contribution in [1.82, 2.24) is 18.1 Å². The lowest BCUT2D eigenvalue weighted by molar-refractivity contribution is 0.148. The first-order valence-corrected chi connectivity index (χ1v) is 13.1. The van der Waals surface area contributed by atoms with Gasteiger partial charge in [0, 0.05) is 64.1 Å². The summed E-state index contributed by atoms with van der Waals surface area (Å²) in [7, 11) is -2.06. The van der Waals surface area contributed by atoms with E-state index in [1.165, 1.54) is 22.4 Å². The molecule has 30 heavy (non-hydrogen) atoms. The van der Waals surface area contributed by atoms with Gasteiger partial charge in [0.1, 0.15) is 0 Å². The Morgan fingerprint density at radius 2 is 1.73 bits per heavy atom. The van der Waals surface area contributed by atoms with Gasteiger partial charge in [0.25, 0.3) is 0 Å². The van der Waals surface area contributed by atoms with Crippen molar-refractivity contribution in [3.05, 3.63) is 30.0 Å². The molecule has 11 heteroatoms. The van der Waals surface area contributed by atoms with Crippen molar-refractivity contribution in [3.63, 3.8) is 0 Å². The first-order chi connectivity index (χ1) is 14.0. The van der Waals surface area contributed by atoms with Crippen LogP contribution >= 0.6 is 0 Å². The zero-order chi connectivity index (χ0) is 22.1. The lowest BCUT2D eigenvalue weighted by atomic mass is 10.1. The fourth-order valence-corrected chi connectivity index (χ4v) is 5.71. The lowest BCUT2D eigenvalue weighted by Crippen LogP contribution is -2.43. The van der Waals surface area contributed by atoms with Crippen LogP contribution in [-0.4, -0.2) is 88.0 Å². The zero-order valence-electron chi connectivity index (χ0n) is 18.0. The Balaban J connectivity index is 2.04. The molecule has 1 N–H and O–H groups in total. The molecule has 2 aromatic rings. The standard InChI is InChI=1S/C19H31N5O4S2/c1-5-12-29(25,26)20-17-6-7-19-18(13-17)16(14-23-10-8-22(4)9-11-23)15-24(19)30(27,28)21(2)3/h6-7,13,15,20H,5,8-12,14H2,1-4H3. The third kappa shape index (κ3) is 4.97. The quantitative estimate of drug-likeness (QED) is 0.640. The fraction of sp³-hybridized carbons (Fsp3) is 0.579. The Bertz CT molecular complexity index is 1100. The van der Waals surface area contributed by atoms with E-state index in [4.69, 9.17) is 0 Å². The molecule has 0 radical (unpaired) electrons. The molecule has 168 valence electrons. The number of anilines is 1. The Morgan fingerprint density at radius 1 is 1.07 bits per heavy atom. The van der Waals surface area contributed by atoms with E-state index < -0.39 is 20.2 Å². The minimum absolute atomic E-state index is 0.0369. The molecule has 1 aliphatic rings. The molecule has 0 spiro atoms. The van der Waals surface area contributed by atoms with Gasteiger partial charge in [-0.2, -0.15) is 12.7 Å². The fourth-order valence-electron chi connectivity index (χ4n) is 3.57. The van der Waals surface area contributed by atoms with Crippen molar-refractivity contribution in [3.8, 4) is 0 Å². The third-order valence-corrected chi connectivity index (χ3v) is 8.51. The van der Waals surface area contributed by atoms with E-state index in [0.717, 1.165) is 37.1 Å². The molecule has 0 amide bonds. The monoisotopic (exact) mass is 457 g/mol. The number of fused-ring (bicyclic) bond motifs is 1. The number of nitrogens with one attached hydrogen (secondary N) is 1. The molecule has 1 aliphatic heterocycles. The average molecular weight is 458 g/mol. The summed E-state index contributed by atoms with van der Waals surface area (Å²) in [5.74, 6) is 0.0369. The van der Waals surface area contributed by atoms with Crippen LogP contribution in [-0.2, 0) is 26.8 Å². The number of nitrogens with zero attached hydrogens (tertiary/aromatic N) is 4. The molecule has 0 bridgehead atoms. The topological polar surface area (TPSA) is 95.0 Å². The number of piperazine rings is 1. The van der Waals surface area contributed by atoms with Crippen LogP contribution in [0.3, 0.4) is 0 Å². The maximum absolute atomic E-state index is 12.9. The molecule has 2 heterocycles. The molecule has 1 fully saturated rings. The van der Waals surface area contributed by atoms with Crippen LogP contribution in [0.25, 0.3) is 10.9 Å². The van der Waals surface area contributed by atoms with Gasteiger partial charge in [0.2, 0.25) is 10.0 Å². The molecule has 1 aromatic carbocycles. The number of hydrogen-bond donors (Lipinski definition) is 1. The van der Waals surface area contributed by atoms with Crippen molar-refractivity contribution < 1.29 is 16.8 Å². The predicted octanol–water partition coefficient (Wildman–Crippen LogP) is 1.19. The van der Waals surface area contributed by atoms with E-state index in [1.54, 1.807) is 24.4 Å². The predicted molar refractivity (Wildman–Crippen MR) is 120 cm³/mol. The molecule has 9 nitrogen and oxygen atoms in total. The molecule has 0 unspecified atom stereocenters. The number of aromatic nitrogens is 1. The zero-order valence-corrected chi connectivity index (χ0v) is 19.6. The SMILES string of the molecule is CCCS(=O)(=O)Nc1ccc2c(c1)c(CN1CCN(C)CC1)cn2S(=O)(=O)N(C)C. The van der Waals surface area contributed by atoms with Gasteiger partial charge in [-0.25, -0.2) is 12.4 Å². The van der Waals surface area contributed by atoms with Crippen molar-refractivity contribution in [2.24, 2.45) is 0 Å². The summed E-state index contributed by atoms with van der Waals surface area (Å²) in [6.07, 6.45) is 2.17. The van der Waals surface area contributed by atoms with Crippen LogP contribution in [0.2, 0.25) is 0 Å². The van der Waals surface area contributed by atoms with E-state index in [2.05, 4.69) is 21.6 Å². The van der Waals surface area contributed by atoms with Gasteiger partial charge >= 0.3 is 10.2 Å². The van der Waals surface area contributed by atoms with Crippen LogP contribution in [0, 0.1) is 0 Å². The largest absolute Gasteiger partial charge is 0.307 e. The molecular formula is C19H31N5O4S2. The van der Waals surface area contributed by atoms with Crippen LogP contribution in [0.1, 0.15) is 18.9 Å². The van der Waals surface area contributed by atoms with E-state index in [-0.39, 0.29) is 5.75 Å². The molecule has 3 rings (SSSR count). The van der Waals surface area contributed by atoms with E-state index >= 15 is 0 Å². The van der Waals surface area contributed by atoms with E-state index in [1.807, 2.05) is 6.92 Å². The molecule has 0 saturated carbocycles. The van der Waals surface area contributed by atoms with Crippen molar-refractivity contribution in [1.29, 1.82) is 0 Å². The van der Waals surface area contributed by atoms with Crippen molar-refractivity contribution in [2.75, 3.05) is 57.8 Å². The maximum atomic E-state index is 12.9. The molecule has 1 aromatic heterocycles. The van der Waals surface area contributed by atoms with Gasteiger partial charge < -0.3 is 4.90 Å². The number of sulfonamides is 1. The molecule has 1 saturated heterocycles. The highest BCUT2D eigenvalue weighted by Gasteiger charge is 2.23. The lowest BCUT2D eigenvalue weighted by Gasteiger charge is -2.32. The summed E-state index contributed by atoms with van der Waals surface area (Å²) in [6, 6.07) is 5.00. The summed E-state index contributed by atoms with van der Waals surface area (Å²) in [6.45, 7) is 6.11. The first kappa shape index (κ1) is 23.0. The Hall–Kier alpha value is -1.66. The van der Waals surface area contributed by atoms with Gasteiger partial charge in [-0.05, 0) is 37.2 Å². The maximum Gasteiger partial charge on any atom is 0.307 e. The van der Waals surface area contributed by atoms with Crippen molar-refractivity contribution in [2.45, 2.75) is 19.9 Å². The van der Waals surface area contributed by atoms with Crippen molar-refractivity contribution >= 4 is 36.8 Å². The Morgan fingerprint density at radius 3 is 2.33 bits per heavy atom. The van der Waals surface area contributed by atoms with Crippen LogP contribution in [0.5, 0.6) is 0 Å². The summed E-state index contributed by atoms with van der Waals surface area (Å²) < 4.78 is 55.1. The Kier molecular flexibility index (Phi) is 6.78. The van der Waals surface area contributed by atoms with Crippen LogP contribution in [0.15, 0.2) is 24.4 Å². The highest BCUT2D eigenvalue weighted by atomic mass is 32.2. The van der Waals surface area contributed by atoms with E-state index in [0.29, 0.717) is 24.2 Å². The molecular weight excluding hydrogens is 426 g/mol. The van der Waals surface area contributed by atoms with Gasteiger partial charge in [0.05, 0.1) is 11.3 Å². The number of likely N-dealkylation sites (N-methyl/N-ethyl adjacent to an activating group) is 1. The van der Waals surface area contributed by atoms with Gasteiger partial charge in [0.15, 0.2) is 0 Å². The second-order valence-corrected chi connectivity index (χ2v) is 11.8. The number of benzene rings is 1. The van der Waals surface area contributed by atoms with Gasteiger partial charge in [-0.1, -0.05) is 6.92 Å². The Labute approximate surface area is 179 Å². The average Bonchev–Trinajstić information content (AvgIpc) is 3.01. The number of rotatable bonds is 8. The number of hydrogen-bond acceptors (Lipinski definition) is 6. The minimum atomic E-state index is -3.70. The summed E-state index contributed by atoms with van der Waals surface area (Å²) in [5, 5.41) is 0.732. The smallest absolute Gasteiger partial charge is 0.304 e. The van der Waals surface area contributed by atoms with Crippen LogP contribution < -0.4 is 4.72 Å². The molecule has 0 atom stereocenters. The highest BCUT2D eigenvalue weighted by Crippen LogP contribution is 2.28. The summed E-state index contributed by atoms with van der Waals surface area (Å²) >= 11 is 0. The minimum Gasteiger partial charge on any atom is -0.304 e. The normalized spacial score (nSPS) is 17.1. The summed E-state index contributed by atoms with van der Waals surface area (Å²) in [5.41, 5.74) is 1.83. The highest BCUT2D eigenvalue weighted by molar-refractivity contribution is 7.92. The van der Waals surface area contributed by atoms with E-state index in [9.17, 15) is 16.8 Å².